The number of amides is 2. The molecule has 3 saturated carbocycles. The average Bonchev–Trinajstić information content (AvgIpc) is 3.57. The predicted molar refractivity (Wildman–Crippen MR) is 106 cm³/mol. The van der Waals surface area contributed by atoms with E-state index in [9.17, 15) is 9.59 Å². The second-order valence-electron chi connectivity index (χ2n) is 9.23. The molecule has 1 aromatic heterocycles. The molecular formula is C22H33N3O3. The maximum absolute atomic E-state index is 12.9. The lowest BCUT2D eigenvalue weighted by atomic mass is 9.97. The van der Waals surface area contributed by atoms with Gasteiger partial charge in [0, 0.05) is 39.0 Å². The molecular weight excluding hydrogens is 354 g/mol. The number of aryl methyl sites for hydroxylation is 1. The second-order valence-corrected chi connectivity index (χ2v) is 9.23. The van der Waals surface area contributed by atoms with E-state index in [0.29, 0.717) is 36.2 Å². The molecule has 3 atom stereocenters. The molecule has 0 saturated heterocycles. The number of hydrogen-bond acceptors (Lipinski definition) is 4. The van der Waals surface area contributed by atoms with Gasteiger partial charge in [0.2, 0.25) is 5.91 Å². The Kier molecular flexibility index (Phi) is 5.48. The summed E-state index contributed by atoms with van der Waals surface area (Å²) in [4.78, 5) is 29.2. The van der Waals surface area contributed by atoms with Gasteiger partial charge in [-0.3, -0.25) is 9.59 Å². The normalized spacial score (nSPS) is 26.3. The van der Waals surface area contributed by atoms with Crippen molar-refractivity contribution in [2.24, 2.45) is 17.8 Å². The van der Waals surface area contributed by atoms with E-state index in [2.05, 4.69) is 5.16 Å². The fourth-order valence-electron chi connectivity index (χ4n) is 4.77. The Labute approximate surface area is 167 Å². The van der Waals surface area contributed by atoms with Crippen LogP contribution in [-0.4, -0.2) is 54.0 Å². The molecule has 2 amide bonds. The molecule has 0 aliphatic heterocycles. The number of aromatic nitrogens is 1. The summed E-state index contributed by atoms with van der Waals surface area (Å²) >= 11 is 0. The van der Waals surface area contributed by atoms with Crippen molar-refractivity contribution in [3.8, 4) is 0 Å². The molecule has 0 spiro atoms. The Morgan fingerprint density at radius 2 is 1.64 bits per heavy atom. The van der Waals surface area contributed by atoms with Crippen LogP contribution in [0.15, 0.2) is 4.52 Å². The Balaban J connectivity index is 1.24. The Hall–Kier alpha value is -1.85. The van der Waals surface area contributed by atoms with Crippen LogP contribution >= 0.6 is 0 Å². The van der Waals surface area contributed by atoms with Crippen LogP contribution in [0.3, 0.4) is 0 Å². The van der Waals surface area contributed by atoms with Crippen LogP contribution in [0.5, 0.6) is 0 Å². The Bertz CT molecular complexity index is 727. The van der Waals surface area contributed by atoms with E-state index in [1.165, 1.54) is 19.3 Å². The van der Waals surface area contributed by atoms with E-state index in [1.807, 2.05) is 25.9 Å². The summed E-state index contributed by atoms with van der Waals surface area (Å²) in [7, 11) is 3.73. The third kappa shape index (κ3) is 4.11. The minimum absolute atomic E-state index is 0.0161. The first-order chi connectivity index (χ1) is 13.5. The average molecular weight is 388 g/mol. The highest BCUT2D eigenvalue weighted by atomic mass is 16.5. The highest BCUT2D eigenvalue weighted by Gasteiger charge is 2.40. The molecule has 0 N–H and O–H groups in total. The number of nitrogens with zero attached hydrogens (tertiary/aromatic N) is 3. The highest BCUT2D eigenvalue weighted by molar-refractivity contribution is 5.96. The fraction of sp³-hybridized carbons (Fsp3) is 0.773. The van der Waals surface area contributed by atoms with Crippen molar-refractivity contribution < 1.29 is 14.1 Å². The zero-order valence-electron chi connectivity index (χ0n) is 17.4. The van der Waals surface area contributed by atoms with Gasteiger partial charge in [0.05, 0.1) is 5.69 Å². The van der Waals surface area contributed by atoms with E-state index in [0.717, 1.165) is 49.7 Å². The van der Waals surface area contributed by atoms with Crippen molar-refractivity contribution in [2.75, 3.05) is 27.2 Å². The van der Waals surface area contributed by atoms with Gasteiger partial charge in [-0.05, 0) is 70.1 Å². The minimum atomic E-state index is -0.0161. The van der Waals surface area contributed by atoms with E-state index in [1.54, 1.807) is 4.90 Å². The van der Waals surface area contributed by atoms with Crippen molar-refractivity contribution in [1.82, 2.24) is 15.0 Å². The predicted octanol–water partition coefficient (Wildman–Crippen LogP) is 3.61. The van der Waals surface area contributed by atoms with Gasteiger partial charge in [0.15, 0.2) is 5.76 Å². The number of fused-ring (bicyclic) bond motifs is 1. The van der Waals surface area contributed by atoms with Crippen molar-refractivity contribution in [1.29, 1.82) is 0 Å². The van der Waals surface area contributed by atoms with Crippen LogP contribution < -0.4 is 0 Å². The van der Waals surface area contributed by atoms with Gasteiger partial charge in [-0.1, -0.05) is 5.16 Å². The van der Waals surface area contributed by atoms with Gasteiger partial charge in [-0.2, -0.15) is 0 Å². The molecule has 154 valence electrons. The van der Waals surface area contributed by atoms with Gasteiger partial charge in [0.1, 0.15) is 5.56 Å². The smallest absolute Gasteiger partial charge is 0.259 e. The van der Waals surface area contributed by atoms with Crippen LogP contribution in [0.2, 0.25) is 0 Å². The molecule has 0 aromatic carbocycles. The monoisotopic (exact) mass is 387 g/mol. The molecule has 6 heteroatoms. The molecule has 3 fully saturated rings. The maximum Gasteiger partial charge on any atom is 0.259 e. The van der Waals surface area contributed by atoms with E-state index in [-0.39, 0.29) is 11.8 Å². The second kappa shape index (κ2) is 7.88. The standard InChI is InChI=1S/C22H33N3O3/c1-14-19(20(28-23-14)15-5-6-15)22(27)25(3)12-4-11-24(2)21(26)16-7-9-17-13-18(17)10-8-16/h15-18H,4-13H2,1-3H3/t16?,17-,18+. The van der Waals surface area contributed by atoms with Crippen molar-refractivity contribution in [3.63, 3.8) is 0 Å². The van der Waals surface area contributed by atoms with Crippen LogP contribution in [-0.2, 0) is 4.79 Å². The largest absolute Gasteiger partial charge is 0.360 e. The number of carbonyl (C=O) groups excluding carboxylic acids is 2. The van der Waals surface area contributed by atoms with Gasteiger partial charge < -0.3 is 14.3 Å². The molecule has 28 heavy (non-hydrogen) atoms. The molecule has 1 unspecified atom stereocenters. The van der Waals surface area contributed by atoms with Crippen molar-refractivity contribution >= 4 is 11.8 Å². The van der Waals surface area contributed by atoms with Gasteiger partial charge in [-0.15, -0.1) is 0 Å². The lowest BCUT2D eigenvalue weighted by Gasteiger charge is -2.24. The van der Waals surface area contributed by atoms with Crippen LogP contribution in [0, 0.1) is 24.7 Å². The molecule has 0 radical (unpaired) electrons. The molecule has 3 aliphatic rings. The van der Waals surface area contributed by atoms with Crippen LogP contribution in [0.1, 0.15) is 79.1 Å². The molecule has 6 nitrogen and oxygen atoms in total. The topological polar surface area (TPSA) is 66.7 Å². The first kappa shape index (κ1) is 19.5. The molecule has 1 aromatic rings. The first-order valence-electron chi connectivity index (χ1n) is 10.9. The van der Waals surface area contributed by atoms with E-state index >= 15 is 0 Å². The summed E-state index contributed by atoms with van der Waals surface area (Å²) in [5, 5.41) is 4.01. The first-order valence-corrected chi connectivity index (χ1v) is 10.9. The van der Waals surface area contributed by atoms with Crippen molar-refractivity contribution in [3.05, 3.63) is 17.0 Å². The van der Waals surface area contributed by atoms with Gasteiger partial charge >= 0.3 is 0 Å². The third-order valence-electron chi connectivity index (χ3n) is 6.95. The summed E-state index contributed by atoms with van der Waals surface area (Å²) in [5.41, 5.74) is 1.32. The molecule has 1 heterocycles. The summed E-state index contributed by atoms with van der Waals surface area (Å²) in [5.74, 6) is 3.42. The molecule has 0 bridgehead atoms. The van der Waals surface area contributed by atoms with Gasteiger partial charge in [0.25, 0.3) is 5.91 Å². The lowest BCUT2D eigenvalue weighted by Crippen LogP contribution is -2.36. The summed E-state index contributed by atoms with van der Waals surface area (Å²) in [6.45, 7) is 3.15. The van der Waals surface area contributed by atoms with Crippen LogP contribution in [0.25, 0.3) is 0 Å². The SMILES string of the molecule is Cc1noc(C2CC2)c1C(=O)N(C)CCCN(C)C(=O)C1CC[C@@H]2C[C@@H]2CC1. The highest BCUT2D eigenvalue weighted by Crippen LogP contribution is 2.49. The Morgan fingerprint density at radius 1 is 1.00 bits per heavy atom. The minimum Gasteiger partial charge on any atom is -0.360 e. The zero-order valence-corrected chi connectivity index (χ0v) is 17.4. The lowest BCUT2D eigenvalue weighted by molar-refractivity contribution is -0.134. The maximum atomic E-state index is 12.9. The number of carbonyl (C=O) groups is 2. The fourth-order valence-corrected chi connectivity index (χ4v) is 4.77. The van der Waals surface area contributed by atoms with Crippen molar-refractivity contribution in [2.45, 2.75) is 64.2 Å². The quantitative estimate of drug-likeness (QED) is 0.717. The summed E-state index contributed by atoms with van der Waals surface area (Å²) in [6.07, 6.45) is 8.90. The molecule has 4 rings (SSSR count). The molecule has 3 aliphatic carbocycles. The number of hydrogen-bond donors (Lipinski definition) is 0. The van der Waals surface area contributed by atoms with Gasteiger partial charge in [-0.25, -0.2) is 0 Å². The Morgan fingerprint density at radius 3 is 2.29 bits per heavy atom. The number of rotatable bonds is 7. The van der Waals surface area contributed by atoms with Crippen LogP contribution in [0.4, 0.5) is 0 Å². The summed E-state index contributed by atoms with van der Waals surface area (Å²) in [6, 6.07) is 0. The van der Waals surface area contributed by atoms with E-state index in [4.69, 9.17) is 4.52 Å². The third-order valence-corrected chi connectivity index (χ3v) is 6.95. The summed E-state index contributed by atoms with van der Waals surface area (Å²) < 4.78 is 5.40. The van der Waals surface area contributed by atoms with E-state index < -0.39 is 0 Å². The zero-order chi connectivity index (χ0) is 19.8.